The van der Waals surface area contributed by atoms with Crippen LogP contribution in [0.2, 0.25) is 0 Å². The summed E-state index contributed by atoms with van der Waals surface area (Å²) in [7, 11) is -0.883. The van der Waals surface area contributed by atoms with Crippen LogP contribution in [0.4, 0.5) is 11.4 Å². The monoisotopic (exact) mass is 407 g/mol. The van der Waals surface area contributed by atoms with Gasteiger partial charge in [0.05, 0.1) is 9.67 Å². The molecule has 0 radical (unpaired) electrons. The third-order valence-electron chi connectivity index (χ3n) is 6.37. The fraction of sp³-hybridized carbons (Fsp3) is 0.650. The lowest BCUT2D eigenvalue weighted by atomic mass is 9.93. The Hall–Kier alpha value is -1.96. The van der Waals surface area contributed by atoms with Gasteiger partial charge in [0.1, 0.15) is 5.69 Å². The normalized spacial score (nSPS) is 22.9. The Morgan fingerprint density at radius 2 is 1.86 bits per heavy atom. The van der Waals surface area contributed by atoms with Gasteiger partial charge >= 0.3 is 0 Å². The molecule has 1 amide bonds. The number of hydrogen-bond donors (Lipinski definition) is 0. The number of hydrogen-bond acceptors (Lipinski definition) is 5. The molecular weight excluding hydrogens is 378 g/mol. The Labute approximate surface area is 168 Å². The maximum Gasteiger partial charge on any atom is 0.292 e. The van der Waals surface area contributed by atoms with Crippen LogP contribution in [0.5, 0.6) is 0 Å². The van der Waals surface area contributed by atoms with Gasteiger partial charge in [-0.05, 0) is 31.7 Å². The number of anilines is 1. The number of nitrogens with zero attached hydrogens (tertiary/aromatic N) is 3. The molecule has 0 N–H and O–H groups in total. The number of piperidine rings is 1. The minimum absolute atomic E-state index is 0.0584. The molecule has 3 rings (SSSR count). The second-order valence-corrected chi connectivity index (χ2v) is 9.67. The minimum Gasteiger partial charge on any atom is -0.366 e. The first-order chi connectivity index (χ1) is 13.4. The van der Waals surface area contributed by atoms with Crippen molar-refractivity contribution in [3.8, 4) is 0 Å². The molecule has 2 heterocycles. The molecule has 2 saturated heterocycles. The Morgan fingerprint density at radius 3 is 2.46 bits per heavy atom. The van der Waals surface area contributed by atoms with Crippen molar-refractivity contribution in [1.29, 1.82) is 0 Å². The number of nitro benzene ring substituents is 1. The summed E-state index contributed by atoms with van der Waals surface area (Å²) in [5.74, 6) is 0.657. The van der Waals surface area contributed by atoms with E-state index in [4.69, 9.17) is 0 Å². The summed E-state index contributed by atoms with van der Waals surface area (Å²) >= 11 is 0. The Bertz CT molecular complexity index is 758. The predicted molar refractivity (Wildman–Crippen MR) is 111 cm³/mol. The summed E-state index contributed by atoms with van der Waals surface area (Å²) in [6.45, 7) is 6.52. The average molecular weight is 408 g/mol. The van der Waals surface area contributed by atoms with E-state index in [1.54, 1.807) is 12.1 Å². The zero-order valence-electron chi connectivity index (χ0n) is 16.6. The van der Waals surface area contributed by atoms with E-state index in [2.05, 4.69) is 13.8 Å². The predicted octanol–water partition coefficient (Wildman–Crippen LogP) is 2.96. The van der Waals surface area contributed by atoms with Crippen molar-refractivity contribution in [2.75, 3.05) is 36.8 Å². The zero-order valence-corrected chi connectivity index (χ0v) is 17.5. The van der Waals surface area contributed by atoms with Crippen molar-refractivity contribution < 1.29 is 13.9 Å². The van der Waals surface area contributed by atoms with Crippen LogP contribution in [0.25, 0.3) is 0 Å². The lowest BCUT2D eigenvalue weighted by Crippen LogP contribution is -2.56. The molecule has 8 heteroatoms. The summed E-state index contributed by atoms with van der Waals surface area (Å²) in [4.78, 5) is 28.0. The highest BCUT2D eigenvalue weighted by atomic mass is 32.2. The Balaban J connectivity index is 1.65. The van der Waals surface area contributed by atoms with Gasteiger partial charge in [0.25, 0.3) is 5.69 Å². The summed E-state index contributed by atoms with van der Waals surface area (Å²) in [5.41, 5.74) is 0.740. The summed E-state index contributed by atoms with van der Waals surface area (Å²) in [6, 6.07) is 6.78. The van der Waals surface area contributed by atoms with Crippen molar-refractivity contribution in [2.45, 2.75) is 44.3 Å². The van der Waals surface area contributed by atoms with Gasteiger partial charge in [0.15, 0.2) is 0 Å². The first-order valence-electron chi connectivity index (χ1n) is 10.1. The molecule has 1 atom stereocenters. The number of nitro groups is 1. The molecule has 0 unspecified atom stereocenters. The quantitative estimate of drug-likeness (QED) is 0.553. The van der Waals surface area contributed by atoms with Crippen LogP contribution in [-0.4, -0.2) is 56.6 Å². The molecule has 0 aromatic heterocycles. The van der Waals surface area contributed by atoms with Crippen LogP contribution in [0.3, 0.4) is 0 Å². The van der Waals surface area contributed by atoms with Crippen molar-refractivity contribution in [1.82, 2.24) is 4.90 Å². The van der Waals surface area contributed by atoms with Crippen LogP contribution >= 0.6 is 0 Å². The largest absolute Gasteiger partial charge is 0.366 e. The van der Waals surface area contributed by atoms with Crippen molar-refractivity contribution in [3.63, 3.8) is 0 Å². The standard InChI is InChI=1S/C20H29N3O4S/c1-3-20(4-2)15-22(13-14-28(20)27)19(24)16-9-11-21(12-10-16)17-7-5-6-8-18(17)23(25)26/h5-8,16H,3-4,9-15H2,1-2H3/t28-/m1/s1. The third kappa shape index (κ3) is 3.92. The molecule has 0 bridgehead atoms. The average Bonchev–Trinajstić information content (AvgIpc) is 2.74. The molecule has 0 saturated carbocycles. The molecule has 0 aliphatic carbocycles. The van der Waals surface area contributed by atoms with E-state index in [1.807, 2.05) is 15.9 Å². The first-order valence-corrected chi connectivity index (χ1v) is 11.4. The Kier molecular flexibility index (Phi) is 6.37. The van der Waals surface area contributed by atoms with Crippen LogP contribution in [0, 0.1) is 16.0 Å². The van der Waals surface area contributed by atoms with Gasteiger partial charge in [-0.15, -0.1) is 0 Å². The maximum atomic E-state index is 13.1. The molecule has 2 aliphatic heterocycles. The van der Waals surface area contributed by atoms with E-state index in [0.29, 0.717) is 50.5 Å². The Morgan fingerprint density at radius 1 is 1.21 bits per heavy atom. The van der Waals surface area contributed by atoms with Crippen LogP contribution in [0.1, 0.15) is 39.5 Å². The number of carbonyl (C=O) groups is 1. The topological polar surface area (TPSA) is 83.8 Å². The second-order valence-electron chi connectivity index (χ2n) is 7.71. The van der Waals surface area contributed by atoms with Crippen molar-refractivity contribution >= 4 is 28.1 Å². The molecular formula is C20H29N3O4S. The van der Waals surface area contributed by atoms with Gasteiger partial charge < -0.3 is 9.80 Å². The first kappa shape index (κ1) is 20.8. The molecule has 1 aromatic carbocycles. The SMILES string of the molecule is CCC1(CC)CN(C(=O)C2CCN(c3ccccc3[N+](=O)[O-])CC2)CC[S@]1=O. The summed E-state index contributed by atoms with van der Waals surface area (Å²) in [6.07, 6.45) is 3.01. The van der Waals surface area contributed by atoms with E-state index in [0.717, 1.165) is 12.8 Å². The zero-order chi connectivity index (χ0) is 20.3. The highest BCUT2D eigenvalue weighted by Gasteiger charge is 2.42. The van der Waals surface area contributed by atoms with Gasteiger partial charge in [-0.1, -0.05) is 26.0 Å². The van der Waals surface area contributed by atoms with Crippen molar-refractivity contribution in [3.05, 3.63) is 34.4 Å². The summed E-state index contributed by atoms with van der Waals surface area (Å²) < 4.78 is 12.2. The lowest BCUT2D eigenvalue weighted by molar-refractivity contribution is -0.384. The fourth-order valence-electron chi connectivity index (χ4n) is 4.40. The molecule has 1 aromatic rings. The number of benzene rings is 1. The van der Waals surface area contributed by atoms with Gasteiger partial charge in [-0.3, -0.25) is 19.1 Å². The van der Waals surface area contributed by atoms with Gasteiger partial charge in [-0.25, -0.2) is 0 Å². The van der Waals surface area contributed by atoms with Crippen LogP contribution in [0.15, 0.2) is 24.3 Å². The second kappa shape index (κ2) is 8.59. The van der Waals surface area contributed by atoms with Gasteiger partial charge in [0, 0.05) is 54.7 Å². The maximum absolute atomic E-state index is 13.1. The van der Waals surface area contributed by atoms with Gasteiger partial charge in [-0.2, -0.15) is 0 Å². The molecule has 7 nitrogen and oxygen atoms in total. The van der Waals surface area contributed by atoms with E-state index in [1.165, 1.54) is 6.07 Å². The fourth-order valence-corrected chi connectivity index (χ4v) is 6.17. The third-order valence-corrected chi connectivity index (χ3v) is 8.60. The van der Waals surface area contributed by atoms with E-state index >= 15 is 0 Å². The van der Waals surface area contributed by atoms with Crippen molar-refractivity contribution in [2.24, 2.45) is 5.92 Å². The summed E-state index contributed by atoms with van der Waals surface area (Å²) in [5, 5.41) is 11.3. The smallest absolute Gasteiger partial charge is 0.292 e. The molecule has 2 fully saturated rings. The van der Waals surface area contributed by atoms with E-state index in [9.17, 15) is 19.1 Å². The molecule has 28 heavy (non-hydrogen) atoms. The number of amides is 1. The van der Waals surface area contributed by atoms with Crippen LogP contribution in [-0.2, 0) is 15.6 Å². The van der Waals surface area contributed by atoms with E-state index < -0.39 is 10.8 Å². The number of para-hydroxylation sites is 2. The molecule has 2 aliphatic rings. The molecule has 154 valence electrons. The van der Waals surface area contributed by atoms with Crippen LogP contribution < -0.4 is 4.90 Å². The highest BCUT2D eigenvalue weighted by Crippen LogP contribution is 2.33. The minimum atomic E-state index is -0.883. The number of rotatable bonds is 5. The number of carbonyl (C=O) groups excluding carboxylic acids is 1. The highest BCUT2D eigenvalue weighted by molar-refractivity contribution is 7.86. The molecule has 0 spiro atoms. The van der Waals surface area contributed by atoms with Gasteiger partial charge in [0.2, 0.25) is 5.91 Å². The lowest BCUT2D eigenvalue weighted by Gasteiger charge is -2.43. The van der Waals surface area contributed by atoms with E-state index in [-0.39, 0.29) is 27.2 Å².